The summed E-state index contributed by atoms with van der Waals surface area (Å²) in [6, 6.07) is 0. The van der Waals surface area contributed by atoms with Crippen LogP contribution in [-0.2, 0) is 54.9 Å². The first-order valence-corrected chi connectivity index (χ1v) is 4.00. The van der Waals surface area contributed by atoms with Crippen molar-refractivity contribution in [3.63, 3.8) is 0 Å². The van der Waals surface area contributed by atoms with Gasteiger partial charge in [-0.25, -0.2) is 0 Å². The van der Waals surface area contributed by atoms with Crippen LogP contribution in [0.3, 0.4) is 0 Å². The van der Waals surface area contributed by atoms with Crippen LogP contribution in [0.15, 0.2) is 0 Å². The molecule has 0 amide bonds. The van der Waals surface area contributed by atoms with Crippen molar-refractivity contribution in [2.45, 2.75) is 0 Å². The summed E-state index contributed by atoms with van der Waals surface area (Å²) >= 11 is 0. The van der Waals surface area contributed by atoms with Crippen molar-refractivity contribution in [2.24, 2.45) is 0 Å². The molecule has 13 heteroatoms. The average molecular weight is 359 g/mol. The Labute approximate surface area is 126 Å². The second kappa shape index (κ2) is 12.1. The maximum absolute atomic E-state index is 8.52. The van der Waals surface area contributed by atoms with Gasteiger partial charge in [0.15, 0.2) is 0 Å². The van der Waals surface area contributed by atoms with E-state index < -0.39 is 20.8 Å². The van der Waals surface area contributed by atoms with Gasteiger partial charge in [0.05, 0.1) is 0 Å². The number of hydrogen-bond donors (Lipinski definition) is 0. The SMILES string of the molecule is O=S(=O)([O-])[O-].O=S(=O)([O-])[O-].[Ca+2].[Cu+2].[Cu+2]. The van der Waals surface area contributed by atoms with Crippen LogP contribution in [0.1, 0.15) is 0 Å². The first-order chi connectivity index (χ1) is 4.00. The Kier molecular flexibility index (Phi) is 27.4. The minimum Gasteiger partial charge on any atom is -0.759 e. The number of hydrogen-bond acceptors (Lipinski definition) is 8. The van der Waals surface area contributed by atoms with Crippen molar-refractivity contribution < 1.29 is 69.2 Å². The van der Waals surface area contributed by atoms with Crippen LogP contribution in [0.5, 0.6) is 0 Å². The largest absolute Gasteiger partial charge is 2.00 e. The van der Waals surface area contributed by atoms with Gasteiger partial charge in [-0.2, -0.15) is 0 Å². The average Bonchev–Trinajstić information content (AvgIpc) is 1.12. The molecule has 8 nitrogen and oxygen atoms in total. The van der Waals surface area contributed by atoms with E-state index in [0.717, 1.165) is 0 Å². The van der Waals surface area contributed by atoms with Gasteiger partial charge in [0, 0.05) is 20.8 Å². The third-order valence-electron chi connectivity index (χ3n) is 0. The van der Waals surface area contributed by atoms with Crippen molar-refractivity contribution in [1.82, 2.24) is 0 Å². The standard InChI is InChI=1S/Ca.2Cu.2H2O4S/c;;;2*1-5(2,3)4/h;;;2*(H2,1,2,3,4)/q3*+2;;/p-4. The van der Waals surface area contributed by atoms with E-state index in [-0.39, 0.29) is 71.9 Å². The molecule has 0 rings (SSSR count). The molecule has 2 radical (unpaired) electrons. The van der Waals surface area contributed by atoms with Crippen molar-refractivity contribution in [1.29, 1.82) is 0 Å². The van der Waals surface area contributed by atoms with Gasteiger partial charge in [-0.1, -0.05) is 0 Å². The summed E-state index contributed by atoms with van der Waals surface area (Å²) in [7, 11) is -10.3. The summed E-state index contributed by atoms with van der Waals surface area (Å²) in [5, 5.41) is 0. The molecule has 13 heavy (non-hydrogen) atoms. The van der Waals surface area contributed by atoms with Gasteiger partial charge in [-0.3, -0.25) is 16.8 Å². The molecule has 0 aliphatic rings. The molecule has 0 N–H and O–H groups in total. The van der Waals surface area contributed by atoms with Crippen LogP contribution in [0.4, 0.5) is 0 Å². The van der Waals surface area contributed by atoms with Crippen molar-refractivity contribution in [3.8, 4) is 0 Å². The molecule has 0 unspecified atom stereocenters. The second-order valence-electron chi connectivity index (χ2n) is 0.816. The Morgan fingerprint density at radius 2 is 0.615 bits per heavy atom. The molecule has 0 aliphatic heterocycles. The van der Waals surface area contributed by atoms with Gasteiger partial charge in [-0.15, -0.1) is 0 Å². The maximum atomic E-state index is 8.52. The summed E-state index contributed by atoms with van der Waals surface area (Å²) < 4.78 is 68.2. The van der Waals surface area contributed by atoms with E-state index in [2.05, 4.69) is 0 Å². The third kappa shape index (κ3) is 490. The molecule has 0 aliphatic carbocycles. The summed E-state index contributed by atoms with van der Waals surface area (Å²) in [4.78, 5) is 0. The zero-order valence-electron chi connectivity index (χ0n) is 5.39. The van der Waals surface area contributed by atoms with Gasteiger partial charge < -0.3 is 18.2 Å². The summed E-state index contributed by atoms with van der Waals surface area (Å²) in [6.07, 6.45) is 0. The Morgan fingerprint density at radius 3 is 0.615 bits per heavy atom. The molecule has 0 bridgehead atoms. The predicted molar refractivity (Wildman–Crippen MR) is 26.7 cm³/mol. The predicted octanol–water partition coefficient (Wildman–Crippen LogP) is -3.06. The van der Waals surface area contributed by atoms with Crippen LogP contribution in [0.25, 0.3) is 0 Å². The van der Waals surface area contributed by atoms with Crippen molar-refractivity contribution >= 4 is 58.5 Å². The minimum absolute atomic E-state index is 0. The molecule has 0 fully saturated rings. The van der Waals surface area contributed by atoms with Crippen LogP contribution in [-0.4, -0.2) is 72.8 Å². The quantitative estimate of drug-likeness (QED) is 0.250. The maximum Gasteiger partial charge on any atom is 2.00 e. The first kappa shape index (κ1) is 29.4. The van der Waals surface area contributed by atoms with E-state index in [9.17, 15) is 0 Å². The molecule has 82 valence electrons. The van der Waals surface area contributed by atoms with E-state index in [0.29, 0.717) is 0 Å². The van der Waals surface area contributed by atoms with E-state index in [1.165, 1.54) is 0 Å². The topological polar surface area (TPSA) is 161 Å². The van der Waals surface area contributed by atoms with Gasteiger partial charge in [0.1, 0.15) is 0 Å². The van der Waals surface area contributed by atoms with Crippen molar-refractivity contribution in [3.05, 3.63) is 0 Å². The van der Waals surface area contributed by atoms with Gasteiger partial charge >= 0.3 is 71.9 Å². The molecule has 0 aromatic carbocycles. The number of rotatable bonds is 0. The van der Waals surface area contributed by atoms with Gasteiger partial charge in [0.25, 0.3) is 0 Å². The summed E-state index contributed by atoms with van der Waals surface area (Å²) in [5.74, 6) is 0. The molecule has 0 saturated carbocycles. The van der Waals surface area contributed by atoms with Gasteiger partial charge in [0.2, 0.25) is 0 Å². The third-order valence-corrected chi connectivity index (χ3v) is 0. The molecule has 0 heterocycles. The Bertz CT molecular complexity index is 217. The first-order valence-electron chi connectivity index (χ1n) is 1.33. The zero-order valence-corrected chi connectivity index (χ0v) is 11.1. The van der Waals surface area contributed by atoms with E-state index in [4.69, 9.17) is 35.0 Å². The molecule has 0 saturated heterocycles. The minimum atomic E-state index is -5.17. The van der Waals surface area contributed by atoms with Gasteiger partial charge in [-0.05, 0) is 0 Å². The zero-order chi connectivity index (χ0) is 9.00. The van der Waals surface area contributed by atoms with Crippen LogP contribution in [0, 0.1) is 0 Å². The second-order valence-corrected chi connectivity index (χ2v) is 2.45. The van der Waals surface area contributed by atoms with E-state index in [1.807, 2.05) is 0 Å². The Morgan fingerprint density at radius 1 is 0.615 bits per heavy atom. The molecular formula is CaCu2O8S2+2. The Balaban J connectivity index is -0.0000000267. The molecule has 0 atom stereocenters. The summed E-state index contributed by atoms with van der Waals surface area (Å²) in [6.45, 7) is 0. The smallest absolute Gasteiger partial charge is 0.759 e. The van der Waals surface area contributed by atoms with Crippen LogP contribution < -0.4 is 0 Å². The molecule has 0 aromatic rings. The fraction of sp³-hybridized carbons (Fsp3) is 0. The molecule has 0 aromatic heterocycles. The van der Waals surface area contributed by atoms with Crippen molar-refractivity contribution in [2.75, 3.05) is 0 Å². The normalized spacial score (nSPS) is 8.92. The fourth-order valence-corrected chi connectivity index (χ4v) is 0. The Hall–Kier alpha value is 2.04. The fourth-order valence-electron chi connectivity index (χ4n) is 0. The monoisotopic (exact) mass is 358 g/mol. The van der Waals surface area contributed by atoms with Crippen LogP contribution >= 0.6 is 0 Å². The van der Waals surface area contributed by atoms with Crippen LogP contribution in [0.2, 0.25) is 0 Å². The molecule has 0 spiro atoms. The summed E-state index contributed by atoms with van der Waals surface area (Å²) in [5.41, 5.74) is 0. The molecular weight excluding hydrogens is 359 g/mol. The van der Waals surface area contributed by atoms with E-state index in [1.54, 1.807) is 0 Å². The van der Waals surface area contributed by atoms with E-state index >= 15 is 0 Å².